The number of hydrogen-bond acceptors (Lipinski definition) is 4. The molecule has 0 radical (unpaired) electrons. The summed E-state index contributed by atoms with van der Waals surface area (Å²) in [6, 6.07) is 14.4. The Balaban J connectivity index is 1.83. The molecule has 0 saturated heterocycles. The predicted molar refractivity (Wildman–Crippen MR) is 99.7 cm³/mol. The van der Waals surface area contributed by atoms with Crippen molar-refractivity contribution in [2.45, 2.75) is 26.5 Å². The van der Waals surface area contributed by atoms with Crippen LogP contribution in [-0.4, -0.2) is 43.4 Å². The summed E-state index contributed by atoms with van der Waals surface area (Å²) in [5.41, 5.74) is 4.90. The number of benzene rings is 2. The lowest BCUT2D eigenvalue weighted by atomic mass is 10.1. The molecule has 0 aliphatic carbocycles. The third-order valence-electron chi connectivity index (χ3n) is 3.65. The molecule has 24 heavy (non-hydrogen) atoms. The van der Waals surface area contributed by atoms with E-state index < -0.39 is 6.10 Å². The quantitative estimate of drug-likeness (QED) is 0.781. The van der Waals surface area contributed by atoms with Crippen molar-refractivity contribution in [3.8, 4) is 5.75 Å². The fraction of sp³-hybridized carbons (Fsp3) is 0.400. The third-order valence-corrected chi connectivity index (χ3v) is 3.65. The molecule has 0 saturated carbocycles. The maximum Gasteiger partial charge on any atom is 0.119 e. The van der Waals surface area contributed by atoms with Crippen LogP contribution in [0.3, 0.4) is 0 Å². The number of anilines is 1. The van der Waals surface area contributed by atoms with E-state index in [1.807, 2.05) is 43.3 Å². The average molecular weight is 328 g/mol. The molecule has 0 bridgehead atoms. The third kappa shape index (κ3) is 6.22. The van der Waals surface area contributed by atoms with Crippen molar-refractivity contribution in [3.63, 3.8) is 0 Å². The molecule has 0 aromatic heterocycles. The maximum absolute atomic E-state index is 9.81. The second-order valence-electron chi connectivity index (χ2n) is 6.60. The summed E-state index contributed by atoms with van der Waals surface area (Å²) in [5, 5.41) is 13.2. The smallest absolute Gasteiger partial charge is 0.119 e. The molecular formula is C20H28N2O2. The molecule has 2 N–H and O–H groups in total. The molecule has 0 aliphatic heterocycles. The SMILES string of the molecule is Cc1cc(C)cc(CNc2ccc(OCC(O)CN(C)C)cc2)c1. The minimum absolute atomic E-state index is 0.299. The van der Waals surface area contributed by atoms with Crippen LogP contribution in [-0.2, 0) is 6.54 Å². The van der Waals surface area contributed by atoms with Crippen LogP contribution in [0.15, 0.2) is 42.5 Å². The van der Waals surface area contributed by atoms with Crippen molar-refractivity contribution in [2.24, 2.45) is 0 Å². The fourth-order valence-corrected chi connectivity index (χ4v) is 2.71. The predicted octanol–water partition coefficient (Wildman–Crippen LogP) is 3.22. The molecule has 0 heterocycles. The first-order valence-electron chi connectivity index (χ1n) is 8.29. The summed E-state index contributed by atoms with van der Waals surface area (Å²) in [6.07, 6.45) is -0.484. The van der Waals surface area contributed by atoms with Crippen molar-refractivity contribution in [1.29, 1.82) is 0 Å². The number of nitrogens with one attached hydrogen (secondary N) is 1. The second-order valence-corrected chi connectivity index (χ2v) is 6.60. The van der Waals surface area contributed by atoms with E-state index in [0.29, 0.717) is 13.2 Å². The molecule has 1 unspecified atom stereocenters. The Bertz CT molecular complexity index is 618. The van der Waals surface area contributed by atoms with E-state index in [1.54, 1.807) is 0 Å². The van der Waals surface area contributed by atoms with E-state index in [-0.39, 0.29) is 0 Å². The Labute approximate surface area is 145 Å². The van der Waals surface area contributed by atoms with E-state index in [9.17, 15) is 5.11 Å². The van der Waals surface area contributed by atoms with Crippen LogP contribution in [0.1, 0.15) is 16.7 Å². The summed E-state index contributed by atoms with van der Waals surface area (Å²) in [5.74, 6) is 0.768. The van der Waals surface area contributed by atoms with Crippen LogP contribution in [0, 0.1) is 13.8 Å². The summed E-state index contributed by atoms with van der Waals surface area (Å²) < 4.78 is 5.61. The van der Waals surface area contributed by atoms with Gasteiger partial charge in [-0.05, 0) is 57.8 Å². The highest BCUT2D eigenvalue weighted by Crippen LogP contribution is 2.17. The van der Waals surface area contributed by atoms with Gasteiger partial charge in [-0.3, -0.25) is 0 Å². The summed E-state index contributed by atoms with van der Waals surface area (Å²) >= 11 is 0. The molecule has 0 amide bonds. The van der Waals surface area contributed by atoms with E-state index in [0.717, 1.165) is 18.0 Å². The number of aryl methyl sites for hydroxylation is 2. The Morgan fingerprint density at radius 3 is 2.25 bits per heavy atom. The van der Waals surface area contributed by atoms with E-state index in [1.165, 1.54) is 16.7 Å². The van der Waals surface area contributed by atoms with Crippen molar-refractivity contribution in [3.05, 3.63) is 59.2 Å². The zero-order valence-corrected chi connectivity index (χ0v) is 15.0. The van der Waals surface area contributed by atoms with E-state index >= 15 is 0 Å². The average Bonchev–Trinajstić information content (AvgIpc) is 2.50. The van der Waals surface area contributed by atoms with Gasteiger partial charge in [-0.1, -0.05) is 29.3 Å². The number of ether oxygens (including phenoxy) is 1. The normalized spacial score (nSPS) is 12.2. The first kappa shape index (κ1) is 18.3. The lowest BCUT2D eigenvalue weighted by Crippen LogP contribution is -2.30. The van der Waals surface area contributed by atoms with Gasteiger partial charge in [0, 0.05) is 18.8 Å². The summed E-state index contributed by atoms with van der Waals surface area (Å²) in [6.45, 7) is 5.92. The van der Waals surface area contributed by atoms with Crippen molar-refractivity contribution < 1.29 is 9.84 Å². The Kier molecular flexibility index (Phi) is 6.64. The van der Waals surface area contributed by atoms with Crippen LogP contribution in [0.5, 0.6) is 5.75 Å². The molecule has 4 heteroatoms. The molecule has 130 valence electrons. The molecular weight excluding hydrogens is 300 g/mol. The first-order valence-corrected chi connectivity index (χ1v) is 8.29. The van der Waals surface area contributed by atoms with Gasteiger partial charge in [0.25, 0.3) is 0 Å². The van der Waals surface area contributed by atoms with Crippen molar-refractivity contribution in [2.75, 3.05) is 32.6 Å². The second kappa shape index (κ2) is 8.71. The lowest BCUT2D eigenvalue weighted by molar-refractivity contribution is 0.0831. The van der Waals surface area contributed by atoms with Gasteiger partial charge in [0.1, 0.15) is 18.5 Å². The van der Waals surface area contributed by atoms with Crippen LogP contribution < -0.4 is 10.1 Å². The molecule has 4 nitrogen and oxygen atoms in total. The molecule has 0 spiro atoms. The number of likely N-dealkylation sites (N-methyl/N-ethyl adjacent to an activating group) is 1. The number of aliphatic hydroxyl groups excluding tert-OH is 1. The van der Waals surface area contributed by atoms with Crippen molar-refractivity contribution >= 4 is 5.69 Å². The molecule has 0 aliphatic rings. The zero-order chi connectivity index (χ0) is 17.5. The molecule has 0 fully saturated rings. The lowest BCUT2D eigenvalue weighted by Gasteiger charge is -2.16. The maximum atomic E-state index is 9.81. The van der Waals surface area contributed by atoms with E-state index in [2.05, 4.69) is 37.4 Å². The highest BCUT2D eigenvalue weighted by atomic mass is 16.5. The van der Waals surface area contributed by atoms with Gasteiger partial charge >= 0.3 is 0 Å². The zero-order valence-electron chi connectivity index (χ0n) is 15.0. The van der Waals surface area contributed by atoms with Crippen LogP contribution in [0.4, 0.5) is 5.69 Å². The number of aliphatic hydroxyl groups is 1. The Morgan fingerprint density at radius 1 is 1.04 bits per heavy atom. The standard InChI is InChI=1S/C20H28N2O2/c1-15-9-16(2)11-17(10-15)12-21-18-5-7-20(8-6-18)24-14-19(23)13-22(3)4/h5-11,19,21,23H,12-14H2,1-4H3. The number of hydrogen-bond donors (Lipinski definition) is 2. The van der Waals surface area contributed by atoms with Crippen LogP contribution in [0.25, 0.3) is 0 Å². The van der Waals surface area contributed by atoms with Crippen molar-refractivity contribution in [1.82, 2.24) is 4.90 Å². The van der Waals surface area contributed by atoms with Gasteiger partial charge in [0.15, 0.2) is 0 Å². The van der Waals surface area contributed by atoms with Gasteiger partial charge in [0.2, 0.25) is 0 Å². The van der Waals surface area contributed by atoms with Gasteiger partial charge in [-0.15, -0.1) is 0 Å². The highest BCUT2D eigenvalue weighted by molar-refractivity contribution is 5.47. The monoisotopic (exact) mass is 328 g/mol. The number of nitrogens with zero attached hydrogens (tertiary/aromatic N) is 1. The fourth-order valence-electron chi connectivity index (χ4n) is 2.71. The Morgan fingerprint density at radius 2 is 1.67 bits per heavy atom. The molecule has 1 atom stereocenters. The van der Waals surface area contributed by atoms with Crippen LogP contribution >= 0.6 is 0 Å². The van der Waals surface area contributed by atoms with Gasteiger partial charge in [-0.2, -0.15) is 0 Å². The summed E-state index contributed by atoms with van der Waals surface area (Å²) in [7, 11) is 3.86. The molecule has 2 aromatic rings. The largest absolute Gasteiger partial charge is 0.491 e. The minimum Gasteiger partial charge on any atom is -0.491 e. The topological polar surface area (TPSA) is 44.7 Å². The molecule has 2 aromatic carbocycles. The highest BCUT2D eigenvalue weighted by Gasteiger charge is 2.06. The van der Waals surface area contributed by atoms with Gasteiger partial charge in [-0.25, -0.2) is 0 Å². The van der Waals surface area contributed by atoms with Gasteiger partial charge < -0.3 is 20.1 Å². The Hall–Kier alpha value is -2.04. The number of rotatable bonds is 8. The van der Waals surface area contributed by atoms with Crippen LogP contribution in [0.2, 0.25) is 0 Å². The van der Waals surface area contributed by atoms with Gasteiger partial charge in [0.05, 0.1) is 0 Å². The minimum atomic E-state index is -0.484. The summed E-state index contributed by atoms with van der Waals surface area (Å²) in [4.78, 5) is 1.94. The first-order chi connectivity index (χ1) is 11.4. The molecule has 2 rings (SSSR count). The van der Waals surface area contributed by atoms with E-state index in [4.69, 9.17) is 4.74 Å².